The molecule has 0 radical (unpaired) electrons. The Kier molecular flexibility index (Phi) is 7.21. The summed E-state index contributed by atoms with van der Waals surface area (Å²) in [6.45, 7) is 0. The second kappa shape index (κ2) is 13.1. The first-order valence-electron chi connectivity index (χ1n) is 20.6. The molecule has 6 heteroatoms. The molecule has 0 saturated carbocycles. The first kappa shape index (κ1) is 33.6. The van der Waals surface area contributed by atoms with Crippen LogP contribution in [0.3, 0.4) is 0 Å². The zero-order chi connectivity index (χ0) is 40.0. The van der Waals surface area contributed by atoms with Crippen molar-refractivity contribution in [2.45, 2.75) is 0 Å². The molecule has 0 aliphatic carbocycles. The second-order valence-electron chi connectivity index (χ2n) is 15.6. The first-order chi connectivity index (χ1) is 30.3. The monoisotopic (exact) mass is 781 g/mol. The van der Waals surface area contributed by atoms with Crippen LogP contribution in [0.4, 0.5) is 0 Å². The highest BCUT2D eigenvalue weighted by Gasteiger charge is 2.25. The van der Waals surface area contributed by atoms with E-state index in [0.717, 1.165) is 73.1 Å². The van der Waals surface area contributed by atoms with Crippen LogP contribution in [0.15, 0.2) is 217 Å². The summed E-state index contributed by atoms with van der Waals surface area (Å²) in [6.07, 6.45) is 0. The topological polar surface area (TPSA) is 45.8 Å². The number of fused-ring (bicyclic) bond motifs is 10. The van der Waals surface area contributed by atoms with Crippen molar-refractivity contribution >= 4 is 65.8 Å². The molecule has 0 saturated heterocycles. The molecule has 286 valence electrons. The van der Waals surface area contributed by atoms with Gasteiger partial charge in [-0.05, 0) is 91.0 Å². The fourth-order valence-corrected chi connectivity index (χ4v) is 9.62. The van der Waals surface area contributed by atoms with Crippen molar-refractivity contribution in [2.24, 2.45) is 0 Å². The molecule has 0 fully saturated rings. The molecule has 0 unspecified atom stereocenters. The van der Waals surface area contributed by atoms with E-state index in [1.165, 1.54) is 32.4 Å². The van der Waals surface area contributed by atoms with Crippen molar-refractivity contribution < 1.29 is 4.42 Å². The van der Waals surface area contributed by atoms with E-state index in [-0.39, 0.29) is 0 Å². The van der Waals surface area contributed by atoms with Gasteiger partial charge in [0.2, 0.25) is 0 Å². The zero-order valence-electron chi connectivity index (χ0n) is 32.9. The van der Waals surface area contributed by atoms with Crippen LogP contribution in [0.25, 0.3) is 111 Å². The highest BCUT2D eigenvalue weighted by molar-refractivity contribution is 6.23. The van der Waals surface area contributed by atoms with Crippen molar-refractivity contribution in [3.05, 3.63) is 212 Å². The largest absolute Gasteiger partial charge is 0.454 e. The Hall–Kier alpha value is -8.35. The molecule has 0 aliphatic rings. The Bertz CT molecular complexity index is 3540. The predicted octanol–water partition coefficient (Wildman–Crippen LogP) is 14.1. The summed E-state index contributed by atoms with van der Waals surface area (Å²) in [6, 6.07) is 74.9. The van der Waals surface area contributed by atoms with E-state index >= 15 is 0 Å². The number of furan rings is 1. The molecule has 0 spiro atoms. The Morgan fingerprint density at radius 2 is 0.754 bits per heavy atom. The molecule has 0 atom stereocenters. The van der Waals surface area contributed by atoms with Crippen LogP contribution in [0, 0.1) is 0 Å². The van der Waals surface area contributed by atoms with E-state index in [0.29, 0.717) is 5.76 Å². The molecule has 13 aromatic rings. The fourth-order valence-electron chi connectivity index (χ4n) is 9.62. The van der Waals surface area contributed by atoms with Crippen LogP contribution in [0.1, 0.15) is 0 Å². The zero-order valence-corrected chi connectivity index (χ0v) is 32.9. The molecule has 13 rings (SSSR count). The van der Waals surface area contributed by atoms with Gasteiger partial charge in [0, 0.05) is 60.6 Å². The third-order valence-electron chi connectivity index (χ3n) is 12.2. The lowest BCUT2D eigenvalue weighted by Crippen LogP contribution is -2.02. The summed E-state index contributed by atoms with van der Waals surface area (Å²) in [4.78, 5) is 5.42. The number of hydrogen-bond acceptors (Lipinski definition) is 2. The summed E-state index contributed by atoms with van der Waals surface area (Å²) in [7, 11) is 0. The molecule has 0 bridgehead atoms. The van der Waals surface area contributed by atoms with Crippen molar-refractivity contribution in [2.75, 3.05) is 0 Å². The minimum Gasteiger partial charge on any atom is -0.454 e. The Morgan fingerprint density at radius 3 is 1.33 bits per heavy atom. The average molecular weight is 782 g/mol. The van der Waals surface area contributed by atoms with Crippen molar-refractivity contribution in [1.82, 2.24) is 23.3 Å². The van der Waals surface area contributed by atoms with Gasteiger partial charge in [0.05, 0.1) is 16.6 Å². The fraction of sp³-hybridized carbons (Fsp3) is 0. The lowest BCUT2D eigenvalue weighted by Gasteiger charge is -2.13. The lowest BCUT2D eigenvalue weighted by molar-refractivity contribution is 0.595. The number of pyridine rings is 1. The quantitative estimate of drug-likeness (QED) is 0.169. The molecule has 6 nitrogen and oxygen atoms in total. The molecule has 0 amide bonds. The molecule has 0 aliphatic heterocycles. The molecule has 61 heavy (non-hydrogen) atoms. The number of benzene rings is 7. The van der Waals surface area contributed by atoms with E-state index in [9.17, 15) is 0 Å². The molecular weight excluding hydrogens is 747 g/mol. The third-order valence-corrected chi connectivity index (χ3v) is 12.2. The van der Waals surface area contributed by atoms with Crippen molar-refractivity contribution in [3.8, 4) is 45.5 Å². The average Bonchev–Trinajstić information content (AvgIpc) is 4.15. The van der Waals surface area contributed by atoms with Crippen LogP contribution < -0.4 is 0 Å². The summed E-state index contributed by atoms with van der Waals surface area (Å²) in [5.74, 6) is 1.49. The maximum atomic E-state index is 6.79. The summed E-state index contributed by atoms with van der Waals surface area (Å²) in [5.41, 5.74) is 12.7. The van der Waals surface area contributed by atoms with Gasteiger partial charge in [0.15, 0.2) is 5.76 Å². The molecule has 6 aromatic heterocycles. The molecule has 6 heterocycles. The van der Waals surface area contributed by atoms with E-state index in [4.69, 9.17) is 9.40 Å². The van der Waals surface area contributed by atoms with Crippen LogP contribution in [0.5, 0.6) is 0 Å². The molecule has 7 aromatic carbocycles. The summed E-state index contributed by atoms with van der Waals surface area (Å²) >= 11 is 0. The van der Waals surface area contributed by atoms with E-state index in [2.05, 4.69) is 225 Å². The van der Waals surface area contributed by atoms with E-state index in [1.807, 2.05) is 6.07 Å². The number of aromatic nitrogens is 5. The van der Waals surface area contributed by atoms with Crippen LogP contribution in [0.2, 0.25) is 0 Å². The Balaban J connectivity index is 1.01. The Labute approximate surface area is 350 Å². The van der Waals surface area contributed by atoms with Crippen LogP contribution >= 0.6 is 0 Å². The van der Waals surface area contributed by atoms with Gasteiger partial charge in [0.25, 0.3) is 0 Å². The van der Waals surface area contributed by atoms with Gasteiger partial charge in [-0.25, -0.2) is 4.98 Å². The number of hydrogen-bond donors (Lipinski definition) is 0. The van der Waals surface area contributed by atoms with Gasteiger partial charge in [-0.2, -0.15) is 0 Å². The predicted molar refractivity (Wildman–Crippen MR) is 250 cm³/mol. The summed E-state index contributed by atoms with van der Waals surface area (Å²) in [5, 5.41) is 7.08. The van der Waals surface area contributed by atoms with Crippen LogP contribution in [-0.2, 0) is 0 Å². The van der Waals surface area contributed by atoms with Crippen molar-refractivity contribution in [1.29, 1.82) is 0 Å². The highest BCUT2D eigenvalue weighted by Crippen LogP contribution is 2.44. The van der Waals surface area contributed by atoms with E-state index < -0.39 is 0 Å². The van der Waals surface area contributed by atoms with Crippen LogP contribution in [-0.4, -0.2) is 23.3 Å². The van der Waals surface area contributed by atoms with Gasteiger partial charge in [-0.3, -0.25) is 18.3 Å². The maximum absolute atomic E-state index is 6.79. The van der Waals surface area contributed by atoms with E-state index in [1.54, 1.807) is 0 Å². The third kappa shape index (κ3) is 4.93. The number of para-hydroxylation sites is 6. The van der Waals surface area contributed by atoms with Gasteiger partial charge in [-0.15, -0.1) is 0 Å². The number of rotatable bonds is 6. The SMILES string of the molecule is c1ccc(-n2c3ccccc3c3c4ccc(-c5ccc(-c6ccc7c8c9ccccc9n(-c9ccccc9)c8n(-c8ccccc8)c7n6)o5)cc4n(-c4ccccc4)c32)cc1. The highest BCUT2D eigenvalue weighted by atomic mass is 16.3. The van der Waals surface area contributed by atoms with Gasteiger partial charge in [0.1, 0.15) is 28.4 Å². The molecule has 0 N–H and O–H groups in total. The normalized spacial score (nSPS) is 11.9. The standard InChI is InChI=1S/C55H35N5O/c1-5-17-37(18-6-1)57-46-27-15-13-25-41(46)51-43-30-29-36(35-48(43)59(54(51)57)39-21-9-3-10-22-39)49-33-34-50(61-49)45-32-31-44-52-42-26-14-16-28-47(42)58(38-19-7-2-8-20-38)55(52)60(53(44)56-45)40-23-11-4-12-24-40/h1-35H. The van der Waals surface area contributed by atoms with Gasteiger partial charge < -0.3 is 4.42 Å². The Morgan fingerprint density at radius 1 is 0.328 bits per heavy atom. The second-order valence-corrected chi connectivity index (χ2v) is 15.6. The maximum Gasteiger partial charge on any atom is 0.153 e. The van der Waals surface area contributed by atoms with Gasteiger partial charge in [-0.1, -0.05) is 121 Å². The number of nitrogens with zero attached hydrogens (tertiary/aromatic N) is 5. The smallest absolute Gasteiger partial charge is 0.153 e. The minimum absolute atomic E-state index is 0.711. The molecular formula is C55H35N5O. The minimum atomic E-state index is 0.711. The first-order valence-corrected chi connectivity index (χ1v) is 20.6. The summed E-state index contributed by atoms with van der Waals surface area (Å²) < 4.78 is 16.2. The lowest BCUT2D eigenvalue weighted by atomic mass is 10.1. The van der Waals surface area contributed by atoms with Gasteiger partial charge >= 0.3 is 0 Å². The van der Waals surface area contributed by atoms with Crippen molar-refractivity contribution in [3.63, 3.8) is 0 Å².